The number of halogens is 1. The zero-order valence-corrected chi connectivity index (χ0v) is 24.0. The summed E-state index contributed by atoms with van der Waals surface area (Å²) in [6.45, 7) is 8.84. The van der Waals surface area contributed by atoms with Crippen molar-refractivity contribution in [3.05, 3.63) is 47.2 Å². The summed E-state index contributed by atoms with van der Waals surface area (Å²) >= 11 is 6.75. The molecule has 0 radical (unpaired) electrons. The fourth-order valence-corrected chi connectivity index (χ4v) is 5.96. The molecular weight excluding hydrogens is 514 g/mol. The average molecular weight is 554 g/mol. The maximum atomic E-state index is 13.7. The molecular formula is C30H40ClN5O3. The molecule has 0 saturated carbocycles. The van der Waals surface area contributed by atoms with E-state index in [2.05, 4.69) is 21.4 Å². The topological polar surface area (TPSA) is 63.1 Å². The van der Waals surface area contributed by atoms with Crippen molar-refractivity contribution in [1.29, 1.82) is 0 Å². The summed E-state index contributed by atoms with van der Waals surface area (Å²) in [7, 11) is 1.64. The number of nitrogens with zero attached hydrogens (tertiary/aromatic N) is 5. The highest BCUT2D eigenvalue weighted by Crippen LogP contribution is 2.34. The number of benzene rings is 1. The Morgan fingerprint density at radius 2 is 1.85 bits per heavy atom. The second kappa shape index (κ2) is 12.9. The molecule has 1 aromatic carbocycles. The van der Waals surface area contributed by atoms with Crippen LogP contribution in [0.15, 0.2) is 36.7 Å². The number of pyridine rings is 1. The van der Waals surface area contributed by atoms with Crippen molar-refractivity contribution in [2.75, 3.05) is 51.3 Å². The predicted molar refractivity (Wildman–Crippen MR) is 156 cm³/mol. The largest absolute Gasteiger partial charge is 0.493 e. The number of unbranched alkanes of at least 4 members (excludes halogenated alkanes) is 2. The molecule has 0 bridgehead atoms. The third-order valence-electron chi connectivity index (χ3n) is 7.79. The molecule has 0 aliphatic carbocycles. The van der Waals surface area contributed by atoms with E-state index < -0.39 is 0 Å². The van der Waals surface area contributed by atoms with Gasteiger partial charge in [-0.3, -0.25) is 4.90 Å². The smallest absolute Gasteiger partial charge is 0.324 e. The summed E-state index contributed by atoms with van der Waals surface area (Å²) in [5.74, 6) is 1.36. The van der Waals surface area contributed by atoms with Crippen LogP contribution in [-0.4, -0.2) is 71.8 Å². The molecule has 4 heterocycles. The van der Waals surface area contributed by atoms with Crippen LogP contribution in [0, 0.1) is 0 Å². The summed E-state index contributed by atoms with van der Waals surface area (Å²) in [5.41, 5.74) is 2.73. The second-order valence-corrected chi connectivity index (χ2v) is 10.9. The molecule has 2 amide bonds. The Kier molecular flexibility index (Phi) is 9.14. The third kappa shape index (κ3) is 6.28. The van der Waals surface area contributed by atoms with Gasteiger partial charge in [0.15, 0.2) is 11.5 Å². The monoisotopic (exact) mass is 553 g/mol. The Labute approximate surface area is 236 Å². The quantitative estimate of drug-likeness (QED) is 0.250. The van der Waals surface area contributed by atoms with Crippen LogP contribution in [0.5, 0.6) is 11.5 Å². The number of amides is 2. The molecule has 3 aromatic rings. The number of carbonyl (C=O) groups is 1. The molecule has 0 atom stereocenters. The summed E-state index contributed by atoms with van der Waals surface area (Å²) in [6, 6.07) is 7.71. The number of aromatic nitrogens is 2. The van der Waals surface area contributed by atoms with Crippen LogP contribution < -0.4 is 14.4 Å². The second-order valence-electron chi connectivity index (χ2n) is 10.5. The Morgan fingerprint density at radius 1 is 1.00 bits per heavy atom. The number of anilines is 1. The van der Waals surface area contributed by atoms with E-state index >= 15 is 0 Å². The predicted octanol–water partition coefficient (Wildman–Crippen LogP) is 6.20. The highest BCUT2D eigenvalue weighted by Gasteiger charge is 2.28. The minimum Gasteiger partial charge on any atom is -0.493 e. The Hall–Kier alpha value is -2.97. The van der Waals surface area contributed by atoms with Gasteiger partial charge in [0.25, 0.3) is 0 Å². The number of hydrogen-bond acceptors (Lipinski definition) is 5. The van der Waals surface area contributed by atoms with E-state index in [0.29, 0.717) is 42.8 Å². The van der Waals surface area contributed by atoms with Gasteiger partial charge in [-0.05, 0) is 62.5 Å². The van der Waals surface area contributed by atoms with Crippen molar-refractivity contribution in [2.45, 2.75) is 58.5 Å². The van der Waals surface area contributed by atoms with Gasteiger partial charge in [-0.2, -0.15) is 0 Å². The molecule has 2 aromatic heterocycles. The number of likely N-dealkylation sites (tertiary alicyclic amines) is 1. The van der Waals surface area contributed by atoms with E-state index in [1.54, 1.807) is 7.11 Å². The van der Waals surface area contributed by atoms with Crippen molar-refractivity contribution in [2.24, 2.45) is 0 Å². The normalized spacial score (nSPS) is 16.4. The molecule has 5 rings (SSSR count). The zero-order chi connectivity index (χ0) is 27.2. The summed E-state index contributed by atoms with van der Waals surface area (Å²) in [5, 5.41) is 1.63. The lowest BCUT2D eigenvalue weighted by atomic mass is 10.1. The first-order valence-electron chi connectivity index (χ1n) is 14.3. The lowest BCUT2D eigenvalue weighted by Gasteiger charge is -2.36. The Balaban J connectivity index is 1.31. The average Bonchev–Trinajstić information content (AvgIpc) is 3.59. The minimum atomic E-state index is -0.0158. The van der Waals surface area contributed by atoms with Gasteiger partial charge in [0.1, 0.15) is 5.65 Å². The molecule has 0 N–H and O–H groups in total. The van der Waals surface area contributed by atoms with Gasteiger partial charge >= 0.3 is 6.03 Å². The third-order valence-corrected chi connectivity index (χ3v) is 8.08. The first-order valence-corrected chi connectivity index (χ1v) is 14.7. The van der Waals surface area contributed by atoms with Crippen molar-refractivity contribution in [3.8, 4) is 11.5 Å². The minimum absolute atomic E-state index is 0.0158. The number of carbonyl (C=O) groups excluding carboxylic acids is 1. The number of fused-ring (bicyclic) bond motifs is 1. The van der Waals surface area contributed by atoms with Crippen molar-refractivity contribution in [3.63, 3.8) is 0 Å². The van der Waals surface area contributed by atoms with E-state index in [-0.39, 0.29) is 6.03 Å². The van der Waals surface area contributed by atoms with E-state index in [9.17, 15) is 4.79 Å². The highest BCUT2D eigenvalue weighted by atomic mass is 35.5. The first-order chi connectivity index (χ1) is 19.1. The van der Waals surface area contributed by atoms with Gasteiger partial charge in [0.05, 0.1) is 18.7 Å². The molecule has 2 saturated heterocycles. The standard InChI is InChI=1S/C30H40ClN5O3/c1-3-4-7-19-39-27-20-24(9-10-26(27)38-2)36-16-8-15-35(30(36)37)21-23-11-12-32-29-28(23)25(31)22-34(29)18-17-33-13-5-6-14-33/h9-12,20,22H,3-8,13-19,21H2,1-2H3. The number of methoxy groups -OCH3 is 1. The SMILES string of the molecule is CCCCCOc1cc(N2CCCN(Cc3ccnc4c3c(Cl)cn4CCN3CCCC3)C2=O)ccc1OC. The van der Waals surface area contributed by atoms with E-state index in [1.807, 2.05) is 46.5 Å². The molecule has 2 aliphatic heterocycles. The maximum absolute atomic E-state index is 13.7. The van der Waals surface area contributed by atoms with Crippen LogP contribution in [0.1, 0.15) is 51.0 Å². The molecule has 0 unspecified atom stereocenters. The van der Waals surface area contributed by atoms with Gasteiger partial charge < -0.3 is 23.8 Å². The van der Waals surface area contributed by atoms with Gasteiger partial charge in [0.2, 0.25) is 0 Å². The van der Waals surface area contributed by atoms with Gasteiger partial charge in [-0.1, -0.05) is 31.4 Å². The summed E-state index contributed by atoms with van der Waals surface area (Å²) in [6.07, 6.45) is 10.5. The molecule has 0 spiro atoms. The number of urea groups is 1. The molecule has 9 heteroatoms. The maximum Gasteiger partial charge on any atom is 0.324 e. The lowest BCUT2D eigenvalue weighted by molar-refractivity contribution is 0.192. The highest BCUT2D eigenvalue weighted by molar-refractivity contribution is 6.35. The van der Waals surface area contributed by atoms with Crippen LogP contribution >= 0.6 is 11.6 Å². The Morgan fingerprint density at radius 3 is 2.64 bits per heavy atom. The first kappa shape index (κ1) is 27.6. The molecule has 2 fully saturated rings. The van der Waals surface area contributed by atoms with Gasteiger partial charge in [0, 0.05) is 62.3 Å². The zero-order valence-electron chi connectivity index (χ0n) is 23.2. The van der Waals surface area contributed by atoms with Crippen molar-refractivity contribution < 1.29 is 14.3 Å². The summed E-state index contributed by atoms with van der Waals surface area (Å²) in [4.78, 5) is 24.6. The molecule has 39 heavy (non-hydrogen) atoms. The molecule has 210 valence electrons. The number of ether oxygens (including phenoxy) is 2. The van der Waals surface area contributed by atoms with Crippen molar-refractivity contribution in [1.82, 2.24) is 19.4 Å². The van der Waals surface area contributed by atoms with Crippen LogP contribution in [0.4, 0.5) is 10.5 Å². The Bertz CT molecular complexity index is 1270. The molecule has 2 aliphatic rings. The fraction of sp³-hybridized carbons (Fsp3) is 0.533. The van der Waals surface area contributed by atoms with Crippen LogP contribution in [0.2, 0.25) is 5.02 Å². The van der Waals surface area contributed by atoms with E-state index in [4.69, 9.17) is 21.1 Å². The summed E-state index contributed by atoms with van der Waals surface area (Å²) < 4.78 is 13.7. The molecule has 8 nitrogen and oxygen atoms in total. The van der Waals surface area contributed by atoms with Gasteiger partial charge in [-0.25, -0.2) is 9.78 Å². The van der Waals surface area contributed by atoms with Gasteiger partial charge in [-0.15, -0.1) is 0 Å². The van der Waals surface area contributed by atoms with E-state index in [0.717, 1.165) is 61.1 Å². The van der Waals surface area contributed by atoms with Crippen LogP contribution in [0.3, 0.4) is 0 Å². The fourth-order valence-electron chi connectivity index (χ4n) is 5.64. The number of rotatable bonds is 12. The lowest BCUT2D eigenvalue weighted by Crippen LogP contribution is -2.49. The van der Waals surface area contributed by atoms with Crippen LogP contribution in [0.25, 0.3) is 11.0 Å². The van der Waals surface area contributed by atoms with Crippen LogP contribution in [-0.2, 0) is 13.1 Å². The van der Waals surface area contributed by atoms with Crippen molar-refractivity contribution >= 4 is 34.4 Å². The van der Waals surface area contributed by atoms with E-state index in [1.165, 1.54) is 25.9 Å². The number of hydrogen-bond donors (Lipinski definition) is 0.